The van der Waals surface area contributed by atoms with Crippen LogP contribution >= 0.6 is 11.6 Å². The molecule has 0 saturated carbocycles. The zero-order valence-electron chi connectivity index (χ0n) is 21.9. The third-order valence-electron chi connectivity index (χ3n) is 6.48. The van der Waals surface area contributed by atoms with E-state index in [1.54, 1.807) is 33.9 Å². The molecule has 0 bridgehead atoms. The van der Waals surface area contributed by atoms with Crippen LogP contribution in [0.25, 0.3) is 11.4 Å². The molecule has 0 fully saturated rings. The first-order valence-corrected chi connectivity index (χ1v) is 15.2. The highest BCUT2D eigenvalue weighted by atomic mass is 35.5. The monoisotopic (exact) mass is 598 g/mol. The molecule has 0 N–H and O–H groups in total. The van der Waals surface area contributed by atoms with Crippen LogP contribution in [-0.4, -0.2) is 55.9 Å². The zero-order valence-corrected chi connectivity index (χ0v) is 23.7. The molecule has 1 aromatic carbocycles. The summed E-state index contributed by atoms with van der Waals surface area (Å²) in [5.41, 5.74) is -0.563. The van der Waals surface area contributed by atoms with Gasteiger partial charge in [-0.25, -0.2) is 14.5 Å². The van der Waals surface area contributed by atoms with Crippen LogP contribution < -0.4 is 5.69 Å². The van der Waals surface area contributed by atoms with Crippen LogP contribution in [-0.2, 0) is 24.1 Å². The molecule has 0 amide bonds. The summed E-state index contributed by atoms with van der Waals surface area (Å²) in [6.45, 7) is 7.06. The lowest BCUT2D eigenvalue weighted by Crippen LogP contribution is -2.50. The zero-order chi connectivity index (χ0) is 29.4. The molecule has 0 radical (unpaired) electrons. The molecule has 0 aliphatic heterocycles. The van der Waals surface area contributed by atoms with E-state index in [0.29, 0.717) is 10.6 Å². The van der Waals surface area contributed by atoms with Gasteiger partial charge in [0.1, 0.15) is 12.9 Å². The van der Waals surface area contributed by atoms with Gasteiger partial charge in [0, 0.05) is 10.6 Å². The molecule has 0 aliphatic carbocycles. The number of rotatable bonds is 9. The fourth-order valence-electron chi connectivity index (χ4n) is 3.32. The van der Waals surface area contributed by atoms with Crippen molar-refractivity contribution in [1.29, 1.82) is 0 Å². The van der Waals surface area contributed by atoms with Crippen molar-refractivity contribution >= 4 is 19.9 Å². The lowest BCUT2D eigenvalue weighted by Gasteiger charge is -2.39. The normalized spacial score (nSPS) is 14.2. The molecule has 3 rings (SSSR count). The highest BCUT2D eigenvalue weighted by molar-refractivity contribution is 6.74. The summed E-state index contributed by atoms with van der Waals surface area (Å²) in [7, 11) is -2.91. The Bertz CT molecular complexity index is 1330. The molecule has 0 spiro atoms. The second kappa shape index (κ2) is 11.1. The predicted molar refractivity (Wildman–Crippen MR) is 135 cm³/mol. The summed E-state index contributed by atoms with van der Waals surface area (Å²) in [4.78, 5) is 17.2. The molecule has 0 aliphatic rings. The number of alkyl halides is 6. The Balaban J connectivity index is 2.00. The van der Waals surface area contributed by atoms with E-state index in [0.717, 1.165) is 20.3 Å². The Morgan fingerprint density at radius 1 is 1.03 bits per heavy atom. The number of aromatic nitrogens is 6. The van der Waals surface area contributed by atoms with Gasteiger partial charge in [0.05, 0.1) is 19.5 Å². The molecule has 216 valence electrons. The van der Waals surface area contributed by atoms with E-state index < -0.39 is 57.0 Å². The second-order valence-electron chi connectivity index (χ2n) is 10.6. The first-order chi connectivity index (χ1) is 17.8. The number of nitrogens with zero attached hydrogens (tertiary/aromatic N) is 6. The van der Waals surface area contributed by atoms with Gasteiger partial charge >= 0.3 is 18.0 Å². The minimum atomic E-state index is -4.78. The van der Waals surface area contributed by atoms with E-state index in [9.17, 15) is 31.1 Å². The Morgan fingerprint density at radius 2 is 1.64 bits per heavy atom. The third kappa shape index (κ3) is 7.94. The molecular formula is C23H29ClF6N6O2Si. The van der Waals surface area contributed by atoms with Gasteiger partial charge < -0.3 is 4.43 Å². The van der Waals surface area contributed by atoms with E-state index in [-0.39, 0.29) is 18.2 Å². The molecule has 1 atom stereocenters. The van der Waals surface area contributed by atoms with Gasteiger partial charge in [-0.1, -0.05) is 32.4 Å². The maximum atomic E-state index is 14.2. The second-order valence-corrected chi connectivity index (χ2v) is 15.8. The SMILES string of the molecule is CC(C)(C)[Si](C)(C)OC(Cn1c(-c2ccc(Cl)cc2)nn(Cc2ncn(CCC(F)(F)F)n2)c1=O)C(F)(F)F. The van der Waals surface area contributed by atoms with E-state index in [1.165, 1.54) is 24.3 Å². The van der Waals surface area contributed by atoms with Gasteiger partial charge in [-0.3, -0.25) is 9.25 Å². The van der Waals surface area contributed by atoms with Crippen LogP contribution in [0.5, 0.6) is 0 Å². The molecule has 2 aromatic heterocycles. The minimum Gasteiger partial charge on any atom is -0.404 e. The molecule has 39 heavy (non-hydrogen) atoms. The van der Waals surface area contributed by atoms with E-state index >= 15 is 0 Å². The van der Waals surface area contributed by atoms with Crippen LogP contribution in [0.3, 0.4) is 0 Å². The summed E-state index contributed by atoms with van der Waals surface area (Å²) < 4.78 is 88.5. The predicted octanol–water partition coefficient (Wildman–Crippen LogP) is 5.91. The van der Waals surface area contributed by atoms with Crippen LogP contribution in [0.4, 0.5) is 26.3 Å². The van der Waals surface area contributed by atoms with Crippen molar-refractivity contribution in [1.82, 2.24) is 29.1 Å². The van der Waals surface area contributed by atoms with Crippen molar-refractivity contribution in [2.75, 3.05) is 0 Å². The van der Waals surface area contributed by atoms with Crippen molar-refractivity contribution < 1.29 is 30.8 Å². The average molecular weight is 599 g/mol. The average Bonchev–Trinajstić information content (AvgIpc) is 3.35. The number of hydrogen-bond acceptors (Lipinski definition) is 5. The van der Waals surface area contributed by atoms with Crippen molar-refractivity contribution in [3.05, 3.63) is 51.9 Å². The van der Waals surface area contributed by atoms with Crippen molar-refractivity contribution in [2.24, 2.45) is 0 Å². The van der Waals surface area contributed by atoms with Crippen molar-refractivity contribution in [3.8, 4) is 11.4 Å². The number of benzene rings is 1. The quantitative estimate of drug-likeness (QED) is 0.226. The highest BCUT2D eigenvalue weighted by Gasteiger charge is 2.48. The summed E-state index contributed by atoms with van der Waals surface area (Å²) in [6.07, 6.45) is -11.5. The first kappa shape index (κ1) is 30.9. The summed E-state index contributed by atoms with van der Waals surface area (Å²) >= 11 is 5.95. The minimum absolute atomic E-state index is 0.0310. The fraction of sp³-hybridized carbons (Fsp3) is 0.565. The Labute approximate surface area is 226 Å². The lowest BCUT2D eigenvalue weighted by atomic mass is 10.2. The highest BCUT2D eigenvalue weighted by Crippen LogP contribution is 2.40. The smallest absolute Gasteiger partial charge is 0.404 e. The Kier molecular flexibility index (Phi) is 8.77. The van der Waals surface area contributed by atoms with Gasteiger partial charge in [0.2, 0.25) is 0 Å². The van der Waals surface area contributed by atoms with Gasteiger partial charge in [0.25, 0.3) is 0 Å². The van der Waals surface area contributed by atoms with Crippen LogP contribution in [0.1, 0.15) is 33.0 Å². The van der Waals surface area contributed by atoms with Gasteiger partial charge in [-0.15, -0.1) is 5.10 Å². The largest absolute Gasteiger partial charge is 0.415 e. The molecule has 16 heteroatoms. The number of aryl methyl sites for hydroxylation is 1. The van der Waals surface area contributed by atoms with E-state index in [2.05, 4.69) is 15.2 Å². The standard InChI is InChI=1S/C23H29ClF6N6O2Si/c1-21(2,3)39(4,5)38-17(23(28,29)30)12-35-19(15-6-8-16(24)9-7-15)33-36(20(35)37)13-18-31-14-34(32-18)11-10-22(25,26)27/h6-9,14,17H,10-13H2,1-5H3. The van der Waals surface area contributed by atoms with Crippen LogP contribution in [0.15, 0.2) is 35.4 Å². The Hall–Kier alpha value is -2.65. The molecule has 1 unspecified atom stereocenters. The van der Waals surface area contributed by atoms with Crippen LogP contribution in [0.2, 0.25) is 23.2 Å². The Morgan fingerprint density at radius 3 is 2.18 bits per heavy atom. The molecular weight excluding hydrogens is 570 g/mol. The molecule has 3 aromatic rings. The number of halogens is 7. The third-order valence-corrected chi connectivity index (χ3v) is 11.2. The summed E-state index contributed by atoms with van der Waals surface area (Å²) in [6, 6.07) is 6.02. The topological polar surface area (TPSA) is 79.8 Å². The fourth-order valence-corrected chi connectivity index (χ4v) is 4.71. The maximum Gasteiger partial charge on any atom is 0.415 e. The summed E-state index contributed by atoms with van der Waals surface area (Å²) in [5.74, 6) is -0.0993. The van der Waals surface area contributed by atoms with Gasteiger partial charge in [-0.05, 0) is 42.4 Å². The lowest BCUT2D eigenvalue weighted by molar-refractivity contribution is -0.202. The maximum absolute atomic E-state index is 14.2. The van der Waals surface area contributed by atoms with Gasteiger partial charge in [-0.2, -0.15) is 31.4 Å². The van der Waals surface area contributed by atoms with Crippen LogP contribution in [0, 0.1) is 0 Å². The van der Waals surface area contributed by atoms with Crippen molar-refractivity contribution in [3.63, 3.8) is 0 Å². The van der Waals surface area contributed by atoms with Gasteiger partial charge in [0.15, 0.2) is 26.1 Å². The molecule has 8 nitrogen and oxygen atoms in total. The summed E-state index contributed by atoms with van der Waals surface area (Å²) in [5, 5.41) is 8.00. The number of hydrogen-bond donors (Lipinski definition) is 0. The first-order valence-electron chi connectivity index (χ1n) is 11.9. The molecule has 0 saturated heterocycles. The van der Waals surface area contributed by atoms with E-state index in [4.69, 9.17) is 16.0 Å². The van der Waals surface area contributed by atoms with E-state index in [1.807, 2.05) is 0 Å². The molecule has 2 heterocycles. The van der Waals surface area contributed by atoms with Crippen molar-refractivity contribution in [2.45, 2.75) is 83.4 Å².